The van der Waals surface area contributed by atoms with Gasteiger partial charge < -0.3 is 0 Å². The SMILES string of the molecule is O=S(=O)(C1=NC=CC=NC1)c1ccc(Br)cc1. The van der Waals surface area contributed by atoms with Gasteiger partial charge in [-0.25, -0.2) is 13.4 Å². The molecule has 0 bridgehead atoms. The molecule has 6 heteroatoms. The maximum atomic E-state index is 12.2. The molecule has 0 amide bonds. The summed E-state index contributed by atoms with van der Waals surface area (Å²) < 4.78 is 25.2. The third-order valence-corrected chi connectivity index (χ3v) is 4.43. The highest BCUT2D eigenvalue weighted by Gasteiger charge is 2.21. The topological polar surface area (TPSA) is 58.9 Å². The van der Waals surface area contributed by atoms with Crippen molar-refractivity contribution >= 4 is 37.0 Å². The average Bonchev–Trinajstić information content (AvgIpc) is 2.58. The second-order valence-electron chi connectivity index (χ2n) is 3.31. The molecule has 0 radical (unpaired) electrons. The van der Waals surface area contributed by atoms with Crippen LogP contribution >= 0.6 is 15.9 Å². The standard InChI is InChI=1S/C11H9BrN2O2S/c12-9-2-4-10(5-3-9)17(15,16)11-8-13-6-1-7-14-11/h1-7H,8H2. The van der Waals surface area contributed by atoms with Gasteiger partial charge in [-0.1, -0.05) is 15.9 Å². The van der Waals surface area contributed by atoms with E-state index in [-0.39, 0.29) is 16.5 Å². The minimum absolute atomic E-state index is 0.0600. The Morgan fingerprint density at radius 3 is 2.59 bits per heavy atom. The highest BCUT2D eigenvalue weighted by Crippen LogP contribution is 2.17. The number of hydrogen-bond acceptors (Lipinski definition) is 4. The smallest absolute Gasteiger partial charge is 0.221 e. The van der Waals surface area contributed by atoms with Crippen molar-refractivity contribution in [1.82, 2.24) is 0 Å². The molecule has 88 valence electrons. The average molecular weight is 313 g/mol. The van der Waals surface area contributed by atoms with Crippen LogP contribution in [-0.2, 0) is 9.84 Å². The fourth-order valence-electron chi connectivity index (χ4n) is 1.30. The molecule has 0 aliphatic carbocycles. The summed E-state index contributed by atoms with van der Waals surface area (Å²) in [5.74, 6) is 0. The first-order valence-electron chi connectivity index (χ1n) is 4.83. The Balaban J connectivity index is 2.43. The number of sulfone groups is 1. The van der Waals surface area contributed by atoms with Crippen LogP contribution < -0.4 is 0 Å². The Labute approximate surface area is 108 Å². The normalized spacial score (nSPS) is 15.5. The lowest BCUT2D eigenvalue weighted by molar-refractivity contribution is 0.606. The summed E-state index contributed by atoms with van der Waals surface area (Å²) in [7, 11) is -3.54. The second kappa shape index (κ2) is 4.93. The first-order valence-corrected chi connectivity index (χ1v) is 7.10. The van der Waals surface area contributed by atoms with Crippen LogP contribution in [0.4, 0.5) is 0 Å². The van der Waals surface area contributed by atoms with Crippen LogP contribution in [0.15, 0.2) is 55.9 Å². The van der Waals surface area contributed by atoms with E-state index in [2.05, 4.69) is 25.9 Å². The Morgan fingerprint density at radius 1 is 1.18 bits per heavy atom. The van der Waals surface area contributed by atoms with Crippen LogP contribution in [0.5, 0.6) is 0 Å². The minimum atomic E-state index is -3.54. The fourth-order valence-corrected chi connectivity index (χ4v) is 2.78. The molecule has 0 atom stereocenters. The highest BCUT2D eigenvalue weighted by atomic mass is 79.9. The van der Waals surface area contributed by atoms with Crippen molar-refractivity contribution in [2.45, 2.75) is 4.90 Å². The quantitative estimate of drug-likeness (QED) is 0.798. The predicted octanol–water partition coefficient (Wildman–Crippen LogP) is 2.22. The van der Waals surface area contributed by atoms with Crippen molar-refractivity contribution in [2.24, 2.45) is 9.98 Å². The van der Waals surface area contributed by atoms with E-state index in [4.69, 9.17) is 0 Å². The lowest BCUT2D eigenvalue weighted by Gasteiger charge is -2.04. The summed E-state index contributed by atoms with van der Waals surface area (Å²) in [6.07, 6.45) is 4.57. The van der Waals surface area contributed by atoms with Crippen molar-refractivity contribution in [3.05, 3.63) is 41.0 Å². The van der Waals surface area contributed by atoms with E-state index in [9.17, 15) is 8.42 Å². The summed E-state index contributed by atoms with van der Waals surface area (Å²) in [6.45, 7) is 0.0748. The maximum absolute atomic E-state index is 12.2. The molecule has 0 saturated carbocycles. The van der Waals surface area contributed by atoms with E-state index in [1.165, 1.54) is 12.4 Å². The monoisotopic (exact) mass is 312 g/mol. The Kier molecular flexibility index (Phi) is 3.54. The number of hydrogen-bond donors (Lipinski definition) is 0. The van der Waals surface area contributed by atoms with Crippen molar-refractivity contribution in [1.29, 1.82) is 0 Å². The van der Waals surface area contributed by atoms with Gasteiger partial charge in [0.05, 0.1) is 11.4 Å². The molecule has 0 aromatic heterocycles. The first kappa shape index (κ1) is 12.2. The lowest BCUT2D eigenvalue weighted by atomic mass is 10.4. The van der Waals surface area contributed by atoms with Crippen LogP contribution in [0.2, 0.25) is 0 Å². The van der Waals surface area contributed by atoms with Gasteiger partial charge in [0.2, 0.25) is 9.84 Å². The van der Waals surface area contributed by atoms with Gasteiger partial charge >= 0.3 is 0 Å². The molecule has 1 aliphatic rings. The fraction of sp³-hybridized carbons (Fsp3) is 0.0909. The summed E-state index contributed by atoms with van der Waals surface area (Å²) in [5, 5.41) is 0.0600. The number of allylic oxidation sites excluding steroid dienone is 1. The Bertz CT molecular complexity index is 601. The molecule has 17 heavy (non-hydrogen) atoms. The first-order chi connectivity index (χ1) is 8.10. The molecule has 0 spiro atoms. The van der Waals surface area contributed by atoms with E-state index in [1.807, 2.05) is 0 Å². The van der Waals surface area contributed by atoms with Gasteiger partial charge in [0.15, 0.2) is 5.04 Å². The molecule has 0 saturated heterocycles. The molecule has 1 heterocycles. The molecule has 1 aromatic rings. The molecule has 4 nitrogen and oxygen atoms in total. The molecular formula is C11H9BrN2O2S. The van der Waals surface area contributed by atoms with Crippen LogP contribution in [0.25, 0.3) is 0 Å². The van der Waals surface area contributed by atoms with Gasteiger partial charge in [0.1, 0.15) is 0 Å². The molecule has 0 fully saturated rings. The summed E-state index contributed by atoms with van der Waals surface area (Å²) in [6, 6.07) is 6.45. The Morgan fingerprint density at radius 2 is 1.88 bits per heavy atom. The largest absolute Gasteiger partial charge is 0.286 e. The Hall–Kier alpha value is -1.27. The summed E-state index contributed by atoms with van der Waals surface area (Å²) in [5.41, 5.74) is 0. The van der Waals surface area contributed by atoms with E-state index in [0.29, 0.717) is 0 Å². The number of halogens is 1. The van der Waals surface area contributed by atoms with Gasteiger partial charge in [0.25, 0.3) is 0 Å². The number of aliphatic imine (C=N–C) groups is 2. The van der Waals surface area contributed by atoms with Crippen LogP contribution in [-0.4, -0.2) is 26.2 Å². The third-order valence-electron chi connectivity index (χ3n) is 2.16. The minimum Gasteiger partial charge on any atom is -0.286 e. The van der Waals surface area contributed by atoms with Gasteiger partial charge in [-0.2, -0.15) is 0 Å². The maximum Gasteiger partial charge on any atom is 0.221 e. The second-order valence-corrected chi connectivity index (χ2v) is 6.18. The number of rotatable bonds is 1. The third kappa shape index (κ3) is 2.70. The highest BCUT2D eigenvalue weighted by molar-refractivity contribution is 9.10. The zero-order chi connectivity index (χ0) is 12.3. The van der Waals surface area contributed by atoms with Crippen molar-refractivity contribution in [3.8, 4) is 0 Å². The molecular weight excluding hydrogens is 304 g/mol. The zero-order valence-electron chi connectivity index (χ0n) is 8.75. The van der Waals surface area contributed by atoms with Crippen molar-refractivity contribution < 1.29 is 8.42 Å². The molecule has 1 aliphatic heterocycles. The summed E-state index contributed by atoms with van der Waals surface area (Å²) in [4.78, 5) is 8.06. The molecule has 1 aromatic carbocycles. The van der Waals surface area contributed by atoms with Crippen LogP contribution in [0, 0.1) is 0 Å². The van der Waals surface area contributed by atoms with E-state index in [1.54, 1.807) is 30.3 Å². The predicted molar refractivity (Wildman–Crippen MR) is 71.3 cm³/mol. The van der Waals surface area contributed by atoms with Crippen LogP contribution in [0.1, 0.15) is 0 Å². The lowest BCUT2D eigenvalue weighted by Crippen LogP contribution is -2.17. The van der Waals surface area contributed by atoms with Gasteiger partial charge in [-0.05, 0) is 30.3 Å². The van der Waals surface area contributed by atoms with E-state index < -0.39 is 9.84 Å². The van der Waals surface area contributed by atoms with Gasteiger partial charge in [0, 0.05) is 16.9 Å². The van der Waals surface area contributed by atoms with Crippen molar-refractivity contribution in [3.63, 3.8) is 0 Å². The van der Waals surface area contributed by atoms with Gasteiger partial charge in [-0.3, -0.25) is 4.99 Å². The van der Waals surface area contributed by atoms with Gasteiger partial charge in [-0.15, -0.1) is 0 Å². The number of benzene rings is 1. The molecule has 0 unspecified atom stereocenters. The zero-order valence-corrected chi connectivity index (χ0v) is 11.1. The van der Waals surface area contributed by atoms with E-state index in [0.717, 1.165) is 4.47 Å². The molecule has 0 N–H and O–H groups in total. The van der Waals surface area contributed by atoms with E-state index >= 15 is 0 Å². The summed E-state index contributed by atoms with van der Waals surface area (Å²) >= 11 is 3.26. The van der Waals surface area contributed by atoms with Crippen molar-refractivity contribution in [2.75, 3.05) is 6.54 Å². The molecule has 2 rings (SSSR count). The number of nitrogens with zero attached hydrogens (tertiary/aromatic N) is 2. The van der Waals surface area contributed by atoms with Crippen LogP contribution in [0.3, 0.4) is 0 Å².